The number of carbonyl (C=O) groups is 1. The first kappa shape index (κ1) is 16.7. The predicted octanol–water partition coefficient (Wildman–Crippen LogP) is 5.77. The van der Waals surface area contributed by atoms with Crippen LogP contribution in [0, 0.1) is 17.8 Å². The van der Waals surface area contributed by atoms with E-state index in [0.29, 0.717) is 11.7 Å². The Bertz CT molecular complexity index is 236. The molecule has 0 amide bonds. The lowest BCUT2D eigenvalue weighted by Gasteiger charge is -2.30. The van der Waals surface area contributed by atoms with Gasteiger partial charge in [-0.3, -0.25) is 4.79 Å². The maximum absolute atomic E-state index is 12.2. The van der Waals surface area contributed by atoms with Gasteiger partial charge < -0.3 is 0 Å². The van der Waals surface area contributed by atoms with Crippen LogP contribution in [0.2, 0.25) is 0 Å². The third kappa shape index (κ3) is 7.13. The standard InChI is InChI=1S/C18H34O/c1-4-5-6-7-8-9-10-11-18(19)17-13-15(2)12-16(3)14-17/h15-17H,4-14H2,1-3H3. The Morgan fingerprint density at radius 3 is 1.95 bits per heavy atom. The van der Waals surface area contributed by atoms with Gasteiger partial charge in [-0.05, 0) is 37.5 Å². The van der Waals surface area contributed by atoms with Gasteiger partial charge in [0.25, 0.3) is 0 Å². The average molecular weight is 266 g/mol. The Morgan fingerprint density at radius 1 is 0.842 bits per heavy atom. The van der Waals surface area contributed by atoms with Gasteiger partial charge in [0.1, 0.15) is 5.78 Å². The first-order chi connectivity index (χ1) is 9.13. The van der Waals surface area contributed by atoms with E-state index >= 15 is 0 Å². The van der Waals surface area contributed by atoms with Crippen molar-refractivity contribution in [3.05, 3.63) is 0 Å². The minimum absolute atomic E-state index is 0.388. The topological polar surface area (TPSA) is 17.1 Å². The molecule has 19 heavy (non-hydrogen) atoms. The number of carbonyl (C=O) groups excluding carboxylic acids is 1. The number of hydrogen-bond acceptors (Lipinski definition) is 1. The number of hydrogen-bond donors (Lipinski definition) is 0. The summed E-state index contributed by atoms with van der Waals surface area (Å²) in [7, 11) is 0. The molecule has 0 saturated heterocycles. The average Bonchev–Trinajstić information content (AvgIpc) is 2.36. The van der Waals surface area contributed by atoms with Crippen LogP contribution in [0.25, 0.3) is 0 Å². The van der Waals surface area contributed by atoms with Crippen LogP contribution in [0.3, 0.4) is 0 Å². The van der Waals surface area contributed by atoms with Gasteiger partial charge in [-0.15, -0.1) is 0 Å². The number of rotatable bonds is 9. The SMILES string of the molecule is CCCCCCCCCC(=O)C1CC(C)CC(C)C1. The van der Waals surface area contributed by atoms with Gasteiger partial charge in [0.15, 0.2) is 0 Å². The highest BCUT2D eigenvalue weighted by Gasteiger charge is 2.28. The summed E-state index contributed by atoms with van der Waals surface area (Å²) < 4.78 is 0. The third-order valence-electron chi connectivity index (χ3n) is 4.66. The van der Waals surface area contributed by atoms with Gasteiger partial charge in [-0.1, -0.05) is 59.3 Å². The molecule has 0 aromatic heterocycles. The van der Waals surface area contributed by atoms with E-state index in [1.807, 2.05) is 0 Å². The van der Waals surface area contributed by atoms with Crippen molar-refractivity contribution >= 4 is 5.78 Å². The highest BCUT2D eigenvalue weighted by Crippen LogP contribution is 2.34. The van der Waals surface area contributed by atoms with Gasteiger partial charge in [-0.2, -0.15) is 0 Å². The number of Topliss-reactive ketones (excluding diaryl/α,β-unsaturated/α-hetero) is 1. The van der Waals surface area contributed by atoms with Crippen molar-refractivity contribution in [3.8, 4) is 0 Å². The Morgan fingerprint density at radius 2 is 1.37 bits per heavy atom. The van der Waals surface area contributed by atoms with E-state index in [0.717, 1.165) is 37.5 Å². The lowest BCUT2D eigenvalue weighted by Crippen LogP contribution is -2.25. The molecule has 1 fully saturated rings. The van der Waals surface area contributed by atoms with Crippen LogP contribution in [-0.4, -0.2) is 5.78 Å². The molecule has 0 aromatic carbocycles. The monoisotopic (exact) mass is 266 g/mol. The Labute approximate surface area is 120 Å². The van der Waals surface area contributed by atoms with Crippen LogP contribution in [0.4, 0.5) is 0 Å². The lowest BCUT2D eigenvalue weighted by atomic mass is 9.74. The van der Waals surface area contributed by atoms with Crippen LogP contribution in [0.5, 0.6) is 0 Å². The second-order valence-corrected chi connectivity index (χ2v) is 6.95. The molecule has 1 saturated carbocycles. The summed E-state index contributed by atoms with van der Waals surface area (Å²) in [6, 6.07) is 0. The fourth-order valence-corrected chi connectivity index (χ4v) is 3.67. The molecule has 112 valence electrons. The molecule has 1 aliphatic rings. The zero-order chi connectivity index (χ0) is 14.1. The van der Waals surface area contributed by atoms with E-state index in [4.69, 9.17) is 0 Å². The molecular formula is C18H34O. The molecule has 1 heteroatoms. The summed E-state index contributed by atoms with van der Waals surface area (Å²) in [5, 5.41) is 0. The maximum Gasteiger partial charge on any atom is 0.135 e. The minimum Gasteiger partial charge on any atom is -0.299 e. The Hall–Kier alpha value is -0.330. The van der Waals surface area contributed by atoms with E-state index < -0.39 is 0 Å². The molecule has 0 N–H and O–H groups in total. The molecule has 0 aromatic rings. The van der Waals surface area contributed by atoms with Crippen LogP contribution in [0.15, 0.2) is 0 Å². The van der Waals surface area contributed by atoms with E-state index in [1.54, 1.807) is 0 Å². The molecule has 1 aliphatic carbocycles. The normalized spacial score (nSPS) is 27.4. The zero-order valence-electron chi connectivity index (χ0n) is 13.4. The molecule has 2 unspecified atom stereocenters. The van der Waals surface area contributed by atoms with Crippen molar-refractivity contribution in [2.75, 3.05) is 0 Å². The fraction of sp³-hybridized carbons (Fsp3) is 0.944. The number of ketones is 1. The quantitative estimate of drug-likeness (QED) is 0.484. The molecule has 0 radical (unpaired) electrons. The van der Waals surface area contributed by atoms with E-state index in [2.05, 4.69) is 20.8 Å². The second kappa shape index (κ2) is 9.55. The highest BCUT2D eigenvalue weighted by atomic mass is 16.1. The molecule has 2 atom stereocenters. The molecule has 1 nitrogen and oxygen atoms in total. The van der Waals surface area contributed by atoms with E-state index in [1.165, 1.54) is 44.9 Å². The molecule has 1 rings (SSSR count). The van der Waals surface area contributed by atoms with Crippen molar-refractivity contribution in [2.24, 2.45) is 17.8 Å². The summed E-state index contributed by atoms with van der Waals surface area (Å²) >= 11 is 0. The predicted molar refractivity (Wildman–Crippen MR) is 83.3 cm³/mol. The van der Waals surface area contributed by atoms with Crippen molar-refractivity contribution in [2.45, 2.75) is 91.4 Å². The van der Waals surface area contributed by atoms with Gasteiger partial charge in [0, 0.05) is 12.3 Å². The Balaban J connectivity index is 2.07. The maximum atomic E-state index is 12.2. The van der Waals surface area contributed by atoms with Crippen molar-refractivity contribution in [1.82, 2.24) is 0 Å². The summed E-state index contributed by atoms with van der Waals surface area (Å²) in [4.78, 5) is 12.2. The van der Waals surface area contributed by atoms with Crippen LogP contribution in [-0.2, 0) is 4.79 Å². The summed E-state index contributed by atoms with van der Waals surface area (Å²) in [6.45, 7) is 6.87. The molecule has 0 bridgehead atoms. The third-order valence-corrected chi connectivity index (χ3v) is 4.66. The highest BCUT2D eigenvalue weighted by molar-refractivity contribution is 5.81. The first-order valence-corrected chi connectivity index (χ1v) is 8.66. The largest absolute Gasteiger partial charge is 0.299 e. The lowest BCUT2D eigenvalue weighted by molar-refractivity contribution is -0.124. The van der Waals surface area contributed by atoms with E-state index in [9.17, 15) is 4.79 Å². The van der Waals surface area contributed by atoms with Crippen LogP contribution < -0.4 is 0 Å². The van der Waals surface area contributed by atoms with Gasteiger partial charge in [0.2, 0.25) is 0 Å². The Kier molecular flexibility index (Phi) is 8.41. The van der Waals surface area contributed by atoms with Gasteiger partial charge >= 0.3 is 0 Å². The second-order valence-electron chi connectivity index (χ2n) is 6.95. The van der Waals surface area contributed by atoms with Crippen LogP contribution >= 0.6 is 0 Å². The molecule has 0 aliphatic heterocycles. The van der Waals surface area contributed by atoms with E-state index in [-0.39, 0.29) is 0 Å². The zero-order valence-corrected chi connectivity index (χ0v) is 13.4. The van der Waals surface area contributed by atoms with Crippen molar-refractivity contribution < 1.29 is 4.79 Å². The molecule has 0 heterocycles. The first-order valence-electron chi connectivity index (χ1n) is 8.66. The van der Waals surface area contributed by atoms with Gasteiger partial charge in [-0.25, -0.2) is 0 Å². The van der Waals surface area contributed by atoms with Crippen molar-refractivity contribution in [3.63, 3.8) is 0 Å². The summed E-state index contributed by atoms with van der Waals surface area (Å²) in [5.41, 5.74) is 0. The van der Waals surface area contributed by atoms with Crippen molar-refractivity contribution in [1.29, 1.82) is 0 Å². The summed E-state index contributed by atoms with van der Waals surface area (Å²) in [6.07, 6.45) is 13.6. The molecular weight excluding hydrogens is 232 g/mol. The fourth-order valence-electron chi connectivity index (χ4n) is 3.67. The smallest absolute Gasteiger partial charge is 0.135 e. The number of unbranched alkanes of at least 4 members (excludes halogenated alkanes) is 6. The van der Waals surface area contributed by atoms with Gasteiger partial charge in [0.05, 0.1) is 0 Å². The molecule has 0 spiro atoms. The minimum atomic E-state index is 0.388. The van der Waals surface area contributed by atoms with Crippen LogP contribution in [0.1, 0.15) is 91.4 Å². The summed E-state index contributed by atoms with van der Waals surface area (Å²) in [5.74, 6) is 2.46.